The molecule has 0 unspecified atom stereocenters. The first-order valence-electron chi connectivity index (χ1n) is 8.84. The monoisotopic (exact) mass is 343 g/mol. The molecule has 1 heterocycles. The molecule has 3 N–H and O–H groups in total. The van der Waals surface area contributed by atoms with E-state index in [0.717, 1.165) is 36.6 Å². The van der Waals surface area contributed by atoms with Crippen molar-refractivity contribution in [3.05, 3.63) is 30.5 Å². The molecule has 0 bridgehead atoms. The molecule has 1 aromatic heterocycles. The number of anilines is 1. The third-order valence-corrected chi connectivity index (χ3v) is 4.96. The number of amides is 2. The summed E-state index contributed by atoms with van der Waals surface area (Å²) in [5.74, 6) is -1.43. The fourth-order valence-electron chi connectivity index (χ4n) is 3.42. The minimum absolute atomic E-state index is 0.121. The Morgan fingerprint density at radius 1 is 1.12 bits per heavy atom. The lowest BCUT2D eigenvalue weighted by Crippen LogP contribution is -2.46. The summed E-state index contributed by atoms with van der Waals surface area (Å²) in [6, 6.07) is 7.49. The summed E-state index contributed by atoms with van der Waals surface area (Å²) in [6.45, 7) is 0.121. The Morgan fingerprint density at radius 2 is 1.84 bits per heavy atom. The maximum absolute atomic E-state index is 12.1. The second kappa shape index (κ2) is 7.27. The van der Waals surface area contributed by atoms with Gasteiger partial charge in [0.15, 0.2) is 0 Å². The Kier molecular flexibility index (Phi) is 5.08. The number of benzene rings is 1. The van der Waals surface area contributed by atoms with Gasteiger partial charge in [0.1, 0.15) is 0 Å². The standard InChI is InChI=1S/C19H25N3O3/c1-22-11-8-14-6-7-15(12-16(14)22)21-18(24)17(23)20-13-19(25)9-4-2-3-5-10-19/h6-8,11-12,25H,2-5,9-10,13H2,1H3,(H,20,23)(H,21,24). The number of hydrogen-bond acceptors (Lipinski definition) is 3. The predicted molar refractivity (Wildman–Crippen MR) is 97.2 cm³/mol. The summed E-state index contributed by atoms with van der Waals surface area (Å²) in [5.41, 5.74) is 0.655. The Morgan fingerprint density at radius 3 is 2.56 bits per heavy atom. The first-order valence-corrected chi connectivity index (χ1v) is 8.84. The van der Waals surface area contributed by atoms with Gasteiger partial charge in [-0.25, -0.2) is 0 Å². The van der Waals surface area contributed by atoms with Crippen molar-refractivity contribution in [3.63, 3.8) is 0 Å². The van der Waals surface area contributed by atoms with E-state index in [9.17, 15) is 14.7 Å². The quantitative estimate of drug-likeness (QED) is 0.591. The van der Waals surface area contributed by atoms with E-state index in [2.05, 4.69) is 10.6 Å². The van der Waals surface area contributed by atoms with Crippen LogP contribution in [0, 0.1) is 0 Å². The first kappa shape index (κ1) is 17.5. The number of carbonyl (C=O) groups is 2. The number of fused-ring (bicyclic) bond motifs is 1. The van der Waals surface area contributed by atoms with Crippen molar-refractivity contribution >= 4 is 28.4 Å². The maximum Gasteiger partial charge on any atom is 0.313 e. The molecule has 2 amide bonds. The Labute approximate surface area is 147 Å². The van der Waals surface area contributed by atoms with Gasteiger partial charge in [-0.1, -0.05) is 31.7 Å². The number of aromatic nitrogens is 1. The van der Waals surface area contributed by atoms with Gasteiger partial charge >= 0.3 is 11.8 Å². The predicted octanol–water partition coefficient (Wildman–Crippen LogP) is 2.32. The number of nitrogens with one attached hydrogen (secondary N) is 2. The Balaban J connectivity index is 1.58. The van der Waals surface area contributed by atoms with Crippen LogP contribution in [0.2, 0.25) is 0 Å². The highest BCUT2D eigenvalue weighted by atomic mass is 16.3. The van der Waals surface area contributed by atoms with E-state index in [-0.39, 0.29) is 6.54 Å². The van der Waals surface area contributed by atoms with Crippen LogP contribution in [0.1, 0.15) is 38.5 Å². The number of nitrogens with zero attached hydrogens (tertiary/aromatic N) is 1. The summed E-state index contributed by atoms with van der Waals surface area (Å²) >= 11 is 0. The van der Waals surface area contributed by atoms with Crippen LogP contribution in [0.25, 0.3) is 10.9 Å². The molecule has 0 aliphatic heterocycles. The lowest BCUT2D eigenvalue weighted by atomic mass is 9.94. The number of carbonyl (C=O) groups excluding carboxylic acids is 2. The zero-order chi connectivity index (χ0) is 17.9. The van der Waals surface area contributed by atoms with Crippen LogP contribution in [0.3, 0.4) is 0 Å². The molecule has 1 saturated carbocycles. The molecule has 2 aromatic rings. The average molecular weight is 343 g/mol. The summed E-state index contributed by atoms with van der Waals surface area (Å²) < 4.78 is 1.95. The van der Waals surface area contributed by atoms with E-state index in [1.807, 2.05) is 36.0 Å². The minimum Gasteiger partial charge on any atom is -0.388 e. The molecule has 1 fully saturated rings. The van der Waals surface area contributed by atoms with E-state index in [1.54, 1.807) is 6.07 Å². The zero-order valence-corrected chi connectivity index (χ0v) is 14.5. The van der Waals surface area contributed by atoms with Crippen molar-refractivity contribution in [2.45, 2.75) is 44.1 Å². The van der Waals surface area contributed by atoms with E-state index >= 15 is 0 Å². The SMILES string of the molecule is Cn1ccc2ccc(NC(=O)C(=O)NCC3(O)CCCCCC3)cc21. The number of aliphatic hydroxyl groups is 1. The second-order valence-electron chi connectivity index (χ2n) is 6.98. The van der Waals surface area contributed by atoms with Gasteiger partial charge in [0.25, 0.3) is 0 Å². The molecule has 0 atom stereocenters. The smallest absolute Gasteiger partial charge is 0.313 e. The molecule has 0 saturated heterocycles. The first-order chi connectivity index (χ1) is 12.0. The van der Waals surface area contributed by atoms with Gasteiger partial charge in [-0.15, -0.1) is 0 Å². The summed E-state index contributed by atoms with van der Waals surface area (Å²) in [5, 5.41) is 16.8. The topological polar surface area (TPSA) is 83.4 Å². The summed E-state index contributed by atoms with van der Waals surface area (Å²) in [4.78, 5) is 24.2. The Hall–Kier alpha value is -2.34. The van der Waals surface area contributed by atoms with Crippen LogP contribution < -0.4 is 10.6 Å². The molecule has 6 heteroatoms. The van der Waals surface area contributed by atoms with E-state index in [1.165, 1.54) is 0 Å². The maximum atomic E-state index is 12.1. The second-order valence-corrected chi connectivity index (χ2v) is 6.98. The van der Waals surface area contributed by atoms with Crippen LogP contribution in [-0.4, -0.2) is 33.6 Å². The van der Waals surface area contributed by atoms with Crippen molar-refractivity contribution in [3.8, 4) is 0 Å². The van der Waals surface area contributed by atoms with Crippen LogP contribution in [0.4, 0.5) is 5.69 Å². The fraction of sp³-hybridized carbons (Fsp3) is 0.474. The van der Waals surface area contributed by atoms with E-state index in [0.29, 0.717) is 18.5 Å². The van der Waals surface area contributed by atoms with E-state index < -0.39 is 17.4 Å². The van der Waals surface area contributed by atoms with Crippen molar-refractivity contribution < 1.29 is 14.7 Å². The van der Waals surface area contributed by atoms with Crippen molar-refractivity contribution in [1.82, 2.24) is 9.88 Å². The molecule has 0 radical (unpaired) electrons. The van der Waals surface area contributed by atoms with Gasteiger partial charge in [0.2, 0.25) is 0 Å². The lowest BCUT2D eigenvalue weighted by molar-refractivity contribution is -0.136. The minimum atomic E-state index is -0.894. The van der Waals surface area contributed by atoms with Gasteiger partial charge < -0.3 is 20.3 Å². The molecule has 25 heavy (non-hydrogen) atoms. The average Bonchev–Trinajstić information content (AvgIpc) is 2.82. The molecule has 1 aliphatic rings. The van der Waals surface area contributed by atoms with Crippen molar-refractivity contribution in [1.29, 1.82) is 0 Å². The highest BCUT2D eigenvalue weighted by molar-refractivity contribution is 6.39. The summed E-state index contributed by atoms with van der Waals surface area (Å²) in [7, 11) is 1.92. The van der Waals surface area contributed by atoms with Crippen LogP contribution in [0.15, 0.2) is 30.5 Å². The molecule has 6 nitrogen and oxygen atoms in total. The van der Waals surface area contributed by atoms with Crippen LogP contribution in [0.5, 0.6) is 0 Å². The molecule has 0 spiro atoms. The van der Waals surface area contributed by atoms with Crippen molar-refractivity contribution in [2.75, 3.05) is 11.9 Å². The van der Waals surface area contributed by atoms with Gasteiger partial charge in [0.05, 0.1) is 5.60 Å². The molecule has 134 valence electrons. The third-order valence-electron chi connectivity index (χ3n) is 4.96. The fourth-order valence-corrected chi connectivity index (χ4v) is 3.42. The van der Waals surface area contributed by atoms with Gasteiger partial charge in [-0.05, 0) is 36.4 Å². The lowest BCUT2D eigenvalue weighted by Gasteiger charge is -2.26. The largest absolute Gasteiger partial charge is 0.388 e. The third kappa shape index (κ3) is 4.20. The summed E-state index contributed by atoms with van der Waals surface area (Å²) in [6.07, 6.45) is 7.40. The van der Waals surface area contributed by atoms with Gasteiger partial charge in [0, 0.05) is 31.0 Å². The van der Waals surface area contributed by atoms with Gasteiger partial charge in [-0.3, -0.25) is 9.59 Å². The zero-order valence-electron chi connectivity index (χ0n) is 14.5. The van der Waals surface area contributed by atoms with Crippen molar-refractivity contribution in [2.24, 2.45) is 7.05 Å². The highest BCUT2D eigenvalue weighted by Crippen LogP contribution is 2.26. The van der Waals surface area contributed by atoms with Crippen LogP contribution >= 0.6 is 0 Å². The molecule has 3 rings (SSSR count). The molecular formula is C19H25N3O3. The molecule has 1 aromatic carbocycles. The van der Waals surface area contributed by atoms with Gasteiger partial charge in [-0.2, -0.15) is 0 Å². The van der Waals surface area contributed by atoms with E-state index in [4.69, 9.17) is 0 Å². The highest BCUT2D eigenvalue weighted by Gasteiger charge is 2.29. The Bertz CT molecular complexity index is 773. The number of rotatable bonds is 3. The molecule has 1 aliphatic carbocycles. The molecular weight excluding hydrogens is 318 g/mol. The number of hydrogen-bond donors (Lipinski definition) is 3. The van der Waals surface area contributed by atoms with Crippen LogP contribution in [-0.2, 0) is 16.6 Å². The normalized spacial score (nSPS) is 17.0. The number of aryl methyl sites for hydroxylation is 1.